The van der Waals surface area contributed by atoms with Gasteiger partial charge >= 0.3 is 5.97 Å². The number of ether oxygens (including phenoxy) is 1. The number of aromatic nitrogens is 1. The SMILES string of the molecule is COC(=O)[C@@H](Cc1c[nH]c2ccccc12)NC(=O)[C@H](N)Cc1ccccc1.Cl. The third-order valence-electron chi connectivity index (χ3n) is 4.54. The van der Waals surface area contributed by atoms with E-state index >= 15 is 0 Å². The van der Waals surface area contributed by atoms with E-state index in [1.165, 1.54) is 7.11 Å². The van der Waals surface area contributed by atoms with Gasteiger partial charge in [-0.2, -0.15) is 0 Å². The summed E-state index contributed by atoms with van der Waals surface area (Å²) in [5, 5.41) is 3.75. The first-order chi connectivity index (χ1) is 13.1. The van der Waals surface area contributed by atoms with Crippen LogP contribution >= 0.6 is 12.4 Å². The summed E-state index contributed by atoms with van der Waals surface area (Å²) >= 11 is 0. The molecule has 0 aliphatic rings. The molecule has 0 aliphatic carbocycles. The van der Waals surface area contributed by atoms with Gasteiger partial charge in [-0.15, -0.1) is 12.4 Å². The van der Waals surface area contributed by atoms with Gasteiger partial charge in [-0.05, 0) is 23.6 Å². The molecule has 0 spiro atoms. The molecule has 1 heterocycles. The summed E-state index contributed by atoms with van der Waals surface area (Å²) in [7, 11) is 1.31. The number of H-pyrrole nitrogens is 1. The number of amides is 1. The molecule has 0 fully saturated rings. The second-order valence-electron chi connectivity index (χ2n) is 6.44. The third-order valence-corrected chi connectivity index (χ3v) is 4.54. The van der Waals surface area contributed by atoms with Gasteiger partial charge in [-0.1, -0.05) is 48.5 Å². The van der Waals surface area contributed by atoms with Crippen LogP contribution in [0.4, 0.5) is 0 Å². The second-order valence-corrected chi connectivity index (χ2v) is 6.44. The minimum atomic E-state index is -0.802. The standard InChI is InChI=1S/C21H23N3O3.ClH/c1-27-21(26)19(12-15-13-23-18-10-6-5-9-16(15)18)24-20(25)17(22)11-14-7-3-2-4-8-14;/h2-10,13,17,19,23H,11-12,22H2,1H3,(H,24,25);1H/t17-,19-;/m1./s1. The number of para-hydroxylation sites is 1. The summed E-state index contributed by atoms with van der Waals surface area (Å²) in [4.78, 5) is 27.9. The Morgan fingerprint density at radius 3 is 2.46 bits per heavy atom. The molecular weight excluding hydrogens is 378 g/mol. The number of aromatic amines is 1. The highest BCUT2D eigenvalue weighted by Gasteiger charge is 2.25. The molecule has 0 aliphatic heterocycles. The number of rotatable bonds is 7. The Balaban J connectivity index is 0.00000280. The van der Waals surface area contributed by atoms with E-state index in [0.717, 1.165) is 22.0 Å². The van der Waals surface area contributed by atoms with Crippen LogP contribution in [0.1, 0.15) is 11.1 Å². The number of halogens is 1. The molecule has 7 heteroatoms. The fraction of sp³-hybridized carbons (Fsp3) is 0.238. The van der Waals surface area contributed by atoms with Crippen molar-refractivity contribution < 1.29 is 14.3 Å². The topological polar surface area (TPSA) is 97.2 Å². The normalized spacial score (nSPS) is 12.6. The predicted molar refractivity (Wildman–Crippen MR) is 111 cm³/mol. The molecule has 1 aromatic heterocycles. The summed E-state index contributed by atoms with van der Waals surface area (Å²) in [6.07, 6.45) is 2.56. The van der Waals surface area contributed by atoms with E-state index in [0.29, 0.717) is 12.8 Å². The van der Waals surface area contributed by atoms with E-state index in [4.69, 9.17) is 10.5 Å². The molecule has 148 valence electrons. The van der Waals surface area contributed by atoms with Crippen LogP contribution in [0.25, 0.3) is 10.9 Å². The first-order valence-corrected chi connectivity index (χ1v) is 8.81. The number of carbonyl (C=O) groups is 2. The van der Waals surface area contributed by atoms with Crippen LogP contribution < -0.4 is 11.1 Å². The Morgan fingerprint density at radius 2 is 1.75 bits per heavy atom. The number of hydrogen-bond donors (Lipinski definition) is 3. The average Bonchev–Trinajstić information content (AvgIpc) is 3.10. The summed E-state index contributed by atoms with van der Waals surface area (Å²) in [6.45, 7) is 0. The van der Waals surface area contributed by atoms with Gasteiger partial charge in [-0.3, -0.25) is 4.79 Å². The number of methoxy groups -OCH3 is 1. The maximum atomic E-state index is 12.5. The molecule has 3 aromatic rings. The minimum Gasteiger partial charge on any atom is -0.467 e. The molecule has 0 bridgehead atoms. The Hall–Kier alpha value is -2.83. The van der Waals surface area contributed by atoms with Crippen molar-refractivity contribution in [1.82, 2.24) is 10.3 Å². The zero-order valence-electron chi connectivity index (χ0n) is 15.6. The molecule has 3 rings (SSSR count). The van der Waals surface area contributed by atoms with E-state index in [-0.39, 0.29) is 18.3 Å². The van der Waals surface area contributed by atoms with E-state index < -0.39 is 18.1 Å². The van der Waals surface area contributed by atoms with Crippen molar-refractivity contribution in [1.29, 1.82) is 0 Å². The Kier molecular flexibility index (Phi) is 7.61. The molecule has 0 saturated carbocycles. The van der Waals surface area contributed by atoms with Crippen LogP contribution in [0.3, 0.4) is 0 Å². The number of esters is 1. The highest BCUT2D eigenvalue weighted by Crippen LogP contribution is 2.19. The Labute approximate surface area is 169 Å². The van der Waals surface area contributed by atoms with Crippen LogP contribution in [0.15, 0.2) is 60.8 Å². The second kappa shape index (κ2) is 9.92. The van der Waals surface area contributed by atoms with Crippen LogP contribution in [0.5, 0.6) is 0 Å². The molecule has 0 unspecified atom stereocenters. The van der Waals surface area contributed by atoms with Crippen LogP contribution in [-0.4, -0.2) is 36.1 Å². The maximum absolute atomic E-state index is 12.5. The maximum Gasteiger partial charge on any atom is 0.328 e. The van der Waals surface area contributed by atoms with Crippen LogP contribution in [0.2, 0.25) is 0 Å². The smallest absolute Gasteiger partial charge is 0.328 e. The van der Waals surface area contributed by atoms with Crippen molar-refractivity contribution >= 4 is 35.2 Å². The van der Waals surface area contributed by atoms with Crippen molar-refractivity contribution in [3.05, 3.63) is 71.9 Å². The van der Waals surface area contributed by atoms with Crippen LogP contribution in [-0.2, 0) is 27.2 Å². The highest BCUT2D eigenvalue weighted by atomic mass is 35.5. The lowest BCUT2D eigenvalue weighted by Gasteiger charge is -2.19. The van der Waals surface area contributed by atoms with Gasteiger partial charge in [0.05, 0.1) is 13.2 Å². The molecule has 1 amide bonds. The number of hydrogen-bond acceptors (Lipinski definition) is 4. The predicted octanol–water partition coefficient (Wildman–Crippen LogP) is 2.36. The lowest BCUT2D eigenvalue weighted by molar-refractivity contribution is -0.145. The number of nitrogens with two attached hydrogens (primary N) is 1. The van der Waals surface area contributed by atoms with Crippen molar-refractivity contribution in [2.75, 3.05) is 7.11 Å². The Morgan fingerprint density at radius 1 is 1.07 bits per heavy atom. The largest absolute Gasteiger partial charge is 0.467 e. The van der Waals surface area contributed by atoms with Gasteiger partial charge in [0, 0.05) is 23.5 Å². The fourth-order valence-electron chi connectivity index (χ4n) is 3.10. The summed E-state index contributed by atoms with van der Waals surface area (Å²) in [6, 6.07) is 15.8. The van der Waals surface area contributed by atoms with E-state index in [2.05, 4.69) is 10.3 Å². The molecule has 0 saturated heterocycles. The van der Waals surface area contributed by atoms with Crippen LogP contribution in [0, 0.1) is 0 Å². The molecule has 6 nitrogen and oxygen atoms in total. The van der Waals surface area contributed by atoms with E-state index in [1.54, 1.807) is 0 Å². The van der Waals surface area contributed by atoms with Crippen molar-refractivity contribution in [3.8, 4) is 0 Å². The summed E-state index contributed by atoms with van der Waals surface area (Å²) < 4.78 is 4.87. The van der Waals surface area contributed by atoms with Gasteiger partial charge in [0.15, 0.2) is 0 Å². The molecule has 2 aromatic carbocycles. The highest BCUT2D eigenvalue weighted by molar-refractivity contribution is 5.89. The summed E-state index contributed by atoms with van der Waals surface area (Å²) in [5.41, 5.74) is 8.90. The van der Waals surface area contributed by atoms with E-state index in [9.17, 15) is 9.59 Å². The van der Waals surface area contributed by atoms with Gasteiger partial charge in [0.1, 0.15) is 6.04 Å². The van der Waals surface area contributed by atoms with Crippen molar-refractivity contribution in [2.24, 2.45) is 5.73 Å². The molecule has 0 radical (unpaired) electrons. The molecule has 4 N–H and O–H groups in total. The zero-order chi connectivity index (χ0) is 19.2. The minimum absolute atomic E-state index is 0. The number of fused-ring (bicyclic) bond motifs is 1. The number of nitrogens with one attached hydrogen (secondary N) is 2. The van der Waals surface area contributed by atoms with Gasteiger partial charge < -0.3 is 20.8 Å². The number of carbonyl (C=O) groups excluding carboxylic acids is 2. The Bertz CT molecular complexity index is 927. The molecule has 2 atom stereocenters. The van der Waals surface area contributed by atoms with Crippen molar-refractivity contribution in [2.45, 2.75) is 24.9 Å². The number of benzene rings is 2. The van der Waals surface area contributed by atoms with Gasteiger partial charge in [-0.25, -0.2) is 4.79 Å². The molecular formula is C21H24ClN3O3. The van der Waals surface area contributed by atoms with Crippen molar-refractivity contribution in [3.63, 3.8) is 0 Å². The zero-order valence-corrected chi connectivity index (χ0v) is 16.4. The molecule has 28 heavy (non-hydrogen) atoms. The quantitative estimate of drug-likeness (QED) is 0.529. The summed E-state index contributed by atoms with van der Waals surface area (Å²) in [5.74, 6) is -0.880. The lowest BCUT2D eigenvalue weighted by atomic mass is 10.0. The average molecular weight is 402 g/mol. The lowest BCUT2D eigenvalue weighted by Crippen LogP contribution is -2.50. The van der Waals surface area contributed by atoms with Gasteiger partial charge in [0.2, 0.25) is 5.91 Å². The first kappa shape index (κ1) is 21.5. The van der Waals surface area contributed by atoms with Gasteiger partial charge in [0.25, 0.3) is 0 Å². The fourth-order valence-corrected chi connectivity index (χ4v) is 3.10. The first-order valence-electron chi connectivity index (χ1n) is 8.81. The monoisotopic (exact) mass is 401 g/mol. The van der Waals surface area contributed by atoms with E-state index in [1.807, 2.05) is 60.8 Å². The third kappa shape index (κ3) is 5.12.